The molecule has 1 N–H and O–H groups in total. The van der Waals surface area contributed by atoms with Gasteiger partial charge in [-0.15, -0.1) is 0 Å². The summed E-state index contributed by atoms with van der Waals surface area (Å²) in [6.45, 7) is 5.31. The van der Waals surface area contributed by atoms with Gasteiger partial charge >= 0.3 is 5.97 Å². The Morgan fingerprint density at radius 1 is 1.79 bits per heavy atom. The number of nitrogens with zero attached hydrogens (tertiary/aromatic N) is 1. The van der Waals surface area contributed by atoms with E-state index in [1.807, 2.05) is 0 Å². The maximum atomic E-state index is 10.8. The molecule has 0 spiro atoms. The summed E-state index contributed by atoms with van der Waals surface area (Å²) in [4.78, 5) is 14.6. The zero-order valence-electron chi connectivity index (χ0n) is 7.80. The Hall–Kier alpha value is -1.84. The van der Waals surface area contributed by atoms with E-state index in [0.717, 1.165) is 0 Å². The van der Waals surface area contributed by atoms with E-state index in [9.17, 15) is 4.79 Å². The SMILES string of the molecule is C=CC(C)Oc1cnccc1C(=O)O. The number of carbonyl (C=O) groups is 1. The lowest BCUT2D eigenvalue weighted by molar-refractivity contribution is 0.0691. The fourth-order valence-electron chi connectivity index (χ4n) is 0.899. The Morgan fingerprint density at radius 3 is 3.07 bits per heavy atom. The summed E-state index contributed by atoms with van der Waals surface area (Å²) in [5.74, 6) is -0.772. The van der Waals surface area contributed by atoms with E-state index in [1.54, 1.807) is 13.0 Å². The molecule has 0 aliphatic heterocycles. The Bertz CT molecular complexity index is 349. The second-order valence-electron chi connectivity index (χ2n) is 2.74. The van der Waals surface area contributed by atoms with Crippen LogP contribution >= 0.6 is 0 Å². The van der Waals surface area contributed by atoms with Crippen molar-refractivity contribution in [3.05, 3.63) is 36.7 Å². The van der Waals surface area contributed by atoms with E-state index < -0.39 is 5.97 Å². The maximum Gasteiger partial charge on any atom is 0.339 e. The van der Waals surface area contributed by atoms with Gasteiger partial charge in [0.05, 0.1) is 6.20 Å². The first kappa shape index (κ1) is 10.2. The molecule has 0 saturated carbocycles. The van der Waals surface area contributed by atoms with Crippen LogP contribution in [0.15, 0.2) is 31.1 Å². The van der Waals surface area contributed by atoms with Crippen LogP contribution in [-0.2, 0) is 0 Å². The van der Waals surface area contributed by atoms with E-state index in [0.29, 0.717) is 0 Å². The van der Waals surface area contributed by atoms with Crippen LogP contribution in [-0.4, -0.2) is 22.2 Å². The standard InChI is InChI=1S/C10H11NO3/c1-3-7(2)14-9-6-11-5-4-8(9)10(12)13/h3-7H,1H2,2H3,(H,12,13). The number of ether oxygens (including phenoxy) is 1. The summed E-state index contributed by atoms with van der Waals surface area (Å²) in [5, 5.41) is 8.82. The summed E-state index contributed by atoms with van der Waals surface area (Å²) >= 11 is 0. The van der Waals surface area contributed by atoms with Crippen molar-refractivity contribution in [2.45, 2.75) is 13.0 Å². The number of aromatic nitrogens is 1. The summed E-state index contributed by atoms with van der Waals surface area (Å²) in [6, 6.07) is 1.40. The van der Waals surface area contributed by atoms with Crippen molar-refractivity contribution in [1.29, 1.82) is 0 Å². The minimum atomic E-state index is -1.03. The summed E-state index contributed by atoms with van der Waals surface area (Å²) < 4.78 is 5.29. The lowest BCUT2D eigenvalue weighted by Crippen LogP contribution is -2.11. The molecule has 0 bridgehead atoms. The second kappa shape index (κ2) is 4.41. The predicted octanol–water partition coefficient (Wildman–Crippen LogP) is 1.73. The van der Waals surface area contributed by atoms with Crippen molar-refractivity contribution < 1.29 is 14.6 Å². The molecule has 0 saturated heterocycles. The van der Waals surface area contributed by atoms with Gasteiger partial charge < -0.3 is 9.84 Å². The number of carboxylic acid groups (broad SMARTS) is 1. The van der Waals surface area contributed by atoms with E-state index in [1.165, 1.54) is 18.5 Å². The van der Waals surface area contributed by atoms with Gasteiger partial charge in [0.2, 0.25) is 0 Å². The molecule has 1 unspecified atom stereocenters. The normalized spacial score (nSPS) is 11.8. The molecule has 0 aromatic carbocycles. The van der Waals surface area contributed by atoms with Crippen LogP contribution < -0.4 is 4.74 Å². The molecular weight excluding hydrogens is 182 g/mol. The van der Waals surface area contributed by atoms with Crippen LogP contribution in [0.5, 0.6) is 5.75 Å². The van der Waals surface area contributed by atoms with E-state index >= 15 is 0 Å². The van der Waals surface area contributed by atoms with Gasteiger partial charge in [-0.3, -0.25) is 4.98 Å². The summed E-state index contributed by atoms with van der Waals surface area (Å²) in [6.07, 6.45) is 4.13. The van der Waals surface area contributed by atoms with Gasteiger partial charge in [-0.1, -0.05) is 12.7 Å². The molecule has 0 amide bonds. The zero-order valence-corrected chi connectivity index (χ0v) is 7.80. The average molecular weight is 193 g/mol. The van der Waals surface area contributed by atoms with Crippen molar-refractivity contribution >= 4 is 5.97 Å². The Morgan fingerprint density at radius 2 is 2.50 bits per heavy atom. The van der Waals surface area contributed by atoms with Gasteiger partial charge in [0.1, 0.15) is 11.7 Å². The van der Waals surface area contributed by atoms with Crippen LogP contribution in [0.3, 0.4) is 0 Å². The number of carboxylic acids is 1. The van der Waals surface area contributed by atoms with Crippen LogP contribution in [0.2, 0.25) is 0 Å². The fourth-order valence-corrected chi connectivity index (χ4v) is 0.899. The topological polar surface area (TPSA) is 59.4 Å². The highest BCUT2D eigenvalue weighted by Crippen LogP contribution is 2.17. The number of aromatic carboxylic acids is 1. The number of pyridine rings is 1. The summed E-state index contributed by atoms with van der Waals surface area (Å²) in [7, 11) is 0. The van der Waals surface area contributed by atoms with Crippen molar-refractivity contribution in [2.75, 3.05) is 0 Å². The fraction of sp³-hybridized carbons (Fsp3) is 0.200. The molecule has 1 aromatic rings. The molecule has 4 heteroatoms. The van der Waals surface area contributed by atoms with Gasteiger partial charge in [0.25, 0.3) is 0 Å². The highest BCUT2D eigenvalue weighted by molar-refractivity contribution is 5.90. The third-order valence-corrected chi connectivity index (χ3v) is 1.66. The quantitative estimate of drug-likeness (QED) is 0.740. The maximum absolute atomic E-state index is 10.8. The number of hydrogen-bond donors (Lipinski definition) is 1. The van der Waals surface area contributed by atoms with Crippen LogP contribution in [0, 0.1) is 0 Å². The van der Waals surface area contributed by atoms with Crippen molar-refractivity contribution in [2.24, 2.45) is 0 Å². The molecule has 1 atom stereocenters. The molecule has 1 heterocycles. The Labute approximate surface area is 81.9 Å². The zero-order chi connectivity index (χ0) is 10.6. The van der Waals surface area contributed by atoms with Crippen LogP contribution in [0.1, 0.15) is 17.3 Å². The molecule has 0 aliphatic rings. The van der Waals surface area contributed by atoms with Crippen LogP contribution in [0.25, 0.3) is 0 Å². The van der Waals surface area contributed by atoms with Crippen LogP contribution in [0.4, 0.5) is 0 Å². The Kier molecular flexibility index (Phi) is 3.23. The highest BCUT2D eigenvalue weighted by atomic mass is 16.5. The third kappa shape index (κ3) is 2.32. The van der Waals surface area contributed by atoms with E-state index in [-0.39, 0.29) is 17.4 Å². The van der Waals surface area contributed by atoms with Crippen molar-refractivity contribution in [1.82, 2.24) is 4.98 Å². The monoisotopic (exact) mass is 193 g/mol. The third-order valence-electron chi connectivity index (χ3n) is 1.66. The molecule has 14 heavy (non-hydrogen) atoms. The molecule has 1 aromatic heterocycles. The van der Waals surface area contributed by atoms with Gasteiger partial charge in [0, 0.05) is 6.20 Å². The molecule has 0 radical (unpaired) electrons. The molecule has 4 nitrogen and oxygen atoms in total. The van der Waals surface area contributed by atoms with Gasteiger partial charge in [-0.2, -0.15) is 0 Å². The van der Waals surface area contributed by atoms with E-state index in [2.05, 4.69) is 11.6 Å². The van der Waals surface area contributed by atoms with Gasteiger partial charge in [-0.25, -0.2) is 4.79 Å². The molecule has 0 aliphatic carbocycles. The molecule has 74 valence electrons. The lowest BCUT2D eigenvalue weighted by Gasteiger charge is -2.11. The smallest absolute Gasteiger partial charge is 0.339 e. The Balaban J connectivity index is 2.95. The number of rotatable bonds is 4. The largest absolute Gasteiger partial charge is 0.484 e. The first-order chi connectivity index (χ1) is 6.65. The lowest BCUT2D eigenvalue weighted by atomic mass is 10.2. The highest BCUT2D eigenvalue weighted by Gasteiger charge is 2.11. The number of hydrogen-bond acceptors (Lipinski definition) is 3. The first-order valence-corrected chi connectivity index (χ1v) is 4.11. The average Bonchev–Trinajstić information content (AvgIpc) is 2.18. The molecule has 1 rings (SSSR count). The van der Waals surface area contributed by atoms with Gasteiger partial charge in [0.15, 0.2) is 5.75 Å². The second-order valence-corrected chi connectivity index (χ2v) is 2.74. The molecular formula is C10H11NO3. The van der Waals surface area contributed by atoms with Crippen molar-refractivity contribution in [3.8, 4) is 5.75 Å². The predicted molar refractivity (Wildman–Crippen MR) is 51.5 cm³/mol. The first-order valence-electron chi connectivity index (χ1n) is 4.11. The minimum absolute atomic E-state index is 0.105. The summed E-state index contributed by atoms with van der Waals surface area (Å²) in [5.41, 5.74) is 0.105. The van der Waals surface area contributed by atoms with Gasteiger partial charge in [-0.05, 0) is 13.0 Å². The minimum Gasteiger partial charge on any atom is -0.484 e. The van der Waals surface area contributed by atoms with Crippen molar-refractivity contribution in [3.63, 3.8) is 0 Å². The molecule has 0 fully saturated rings. The van der Waals surface area contributed by atoms with E-state index in [4.69, 9.17) is 9.84 Å².